The van der Waals surface area contributed by atoms with E-state index in [1.165, 1.54) is 30.3 Å². The van der Waals surface area contributed by atoms with Gasteiger partial charge < -0.3 is 14.4 Å². The van der Waals surface area contributed by atoms with Crippen molar-refractivity contribution in [1.82, 2.24) is 15.1 Å². The Bertz CT molecular complexity index is 1530. The third-order valence-electron chi connectivity index (χ3n) is 6.49. The van der Waals surface area contributed by atoms with Crippen molar-refractivity contribution in [3.05, 3.63) is 64.5 Å². The number of hydrogen-bond donors (Lipinski definition) is 1. The summed E-state index contributed by atoms with van der Waals surface area (Å²) in [6, 6.07) is 6.62. The van der Waals surface area contributed by atoms with Gasteiger partial charge >= 0.3 is 0 Å². The lowest BCUT2D eigenvalue weighted by atomic mass is 9.98. The van der Waals surface area contributed by atoms with Gasteiger partial charge in [0.25, 0.3) is 5.91 Å². The molecule has 2 aromatic rings. The fraction of sp³-hybridized carbons (Fsp3) is 0.483. The monoisotopic (exact) mass is 529 g/mol. The lowest BCUT2D eigenvalue weighted by Crippen LogP contribution is -2.56. The summed E-state index contributed by atoms with van der Waals surface area (Å²) in [4.78, 5) is 40.4. The Morgan fingerprint density at radius 3 is 2.61 bits per heavy atom. The van der Waals surface area contributed by atoms with Gasteiger partial charge in [-0.15, -0.1) is 0 Å². The highest BCUT2D eigenvalue weighted by Crippen LogP contribution is 2.34. The van der Waals surface area contributed by atoms with Gasteiger partial charge in [-0.25, -0.2) is 4.39 Å². The molecule has 38 heavy (non-hydrogen) atoms. The molecule has 0 bridgehead atoms. The minimum atomic E-state index is -3.08. The molecule has 2 saturated heterocycles. The van der Waals surface area contributed by atoms with Crippen molar-refractivity contribution < 1.29 is 36.5 Å². The van der Waals surface area contributed by atoms with Crippen LogP contribution in [0.3, 0.4) is 0 Å². The van der Waals surface area contributed by atoms with Crippen LogP contribution in [0.1, 0.15) is 75.7 Å². The van der Waals surface area contributed by atoms with E-state index in [9.17, 15) is 14.4 Å². The van der Waals surface area contributed by atoms with Crippen LogP contribution in [-0.2, 0) is 34.0 Å². The highest BCUT2D eigenvalue weighted by Gasteiger charge is 2.40. The Kier molecular flexibility index (Phi) is 5.08. The summed E-state index contributed by atoms with van der Waals surface area (Å²) in [5.74, 6) is -3.82. The first-order valence-corrected chi connectivity index (χ1v) is 12.3. The summed E-state index contributed by atoms with van der Waals surface area (Å²) in [6.07, 6.45) is -6.10. The number of imide groups is 1. The SMILES string of the molecule is [2H]C([2H])(c1ccc(COc2cccc3c2CN(C2C(=O)NC(=O)C([2H])([2H])C2([2H])[2H])C3=O)c(F)c1)N1CC(C)(C)OC(C)(C)C1. The van der Waals surface area contributed by atoms with Crippen molar-refractivity contribution in [1.29, 1.82) is 0 Å². The topological polar surface area (TPSA) is 88.2 Å². The number of carbonyl (C=O) groups excluding carboxylic acids is 3. The lowest BCUT2D eigenvalue weighted by molar-refractivity contribution is -0.182. The highest BCUT2D eigenvalue weighted by atomic mass is 19.1. The molecular formula is C29H34FN3O5. The molecule has 0 aromatic heterocycles. The quantitative estimate of drug-likeness (QED) is 0.576. The van der Waals surface area contributed by atoms with Crippen LogP contribution in [0.5, 0.6) is 5.75 Å². The van der Waals surface area contributed by atoms with E-state index < -0.39 is 60.0 Å². The van der Waals surface area contributed by atoms with Crippen LogP contribution < -0.4 is 10.1 Å². The second kappa shape index (κ2) is 9.78. The largest absolute Gasteiger partial charge is 0.488 e. The number of nitrogens with one attached hydrogen (secondary N) is 1. The van der Waals surface area contributed by atoms with Crippen molar-refractivity contribution in [3.63, 3.8) is 0 Å². The average molecular weight is 530 g/mol. The molecule has 202 valence electrons. The molecule has 1 N–H and O–H groups in total. The van der Waals surface area contributed by atoms with E-state index >= 15 is 4.39 Å². The van der Waals surface area contributed by atoms with Gasteiger partial charge in [0.1, 0.15) is 24.2 Å². The van der Waals surface area contributed by atoms with E-state index in [0.717, 1.165) is 11.0 Å². The smallest absolute Gasteiger partial charge is 0.255 e. The van der Waals surface area contributed by atoms with E-state index in [1.807, 2.05) is 33.0 Å². The zero-order valence-corrected chi connectivity index (χ0v) is 21.7. The zero-order valence-electron chi connectivity index (χ0n) is 27.7. The van der Waals surface area contributed by atoms with Gasteiger partial charge in [0, 0.05) is 50.9 Å². The first kappa shape index (κ1) is 19.7. The molecule has 0 aliphatic carbocycles. The summed E-state index contributed by atoms with van der Waals surface area (Å²) in [7, 11) is 0. The second-order valence-electron chi connectivity index (χ2n) is 10.9. The van der Waals surface area contributed by atoms with Gasteiger partial charge in [-0.2, -0.15) is 0 Å². The molecule has 0 saturated carbocycles. The van der Waals surface area contributed by atoms with Gasteiger partial charge in [0.05, 0.1) is 17.7 Å². The van der Waals surface area contributed by atoms with Crippen molar-refractivity contribution in [2.75, 3.05) is 13.1 Å². The molecule has 0 radical (unpaired) electrons. The average Bonchev–Trinajstić information content (AvgIpc) is 3.21. The number of piperidine rings is 1. The fourth-order valence-electron chi connectivity index (χ4n) is 5.24. The Balaban J connectivity index is 1.34. The van der Waals surface area contributed by atoms with Crippen LogP contribution in [-0.4, -0.2) is 57.9 Å². The number of rotatable bonds is 6. The number of amides is 3. The van der Waals surface area contributed by atoms with Crippen LogP contribution in [0.25, 0.3) is 0 Å². The Labute approximate surface area is 230 Å². The minimum absolute atomic E-state index is 0.101. The number of halogens is 1. The van der Waals surface area contributed by atoms with Crippen molar-refractivity contribution >= 4 is 17.7 Å². The Hall–Kier alpha value is -3.30. The van der Waals surface area contributed by atoms with Crippen molar-refractivity contribution in [2.45, 2.75) is 77.3 Å². The standard InChI is InChI=1S/C29H34FN3O5/c1-28(2)16-32(17-29(3,4)38-28)13-18-8-9-19(22(30)12-18)15-37-24-7-5-6-20-21(24)14-33(27(20)36)23-10-11-25(34)31-26(23)35/h5-9,12,23H,10-11,13-17H2,1-4H3,(H,31,34,35)/i10D2,11D2,13D2. The third kappa shape index (κ3) is 5.44. The van der Waals surface area contributed by atoms with Crippen molar-refractivity contribution in [2.24, 2.45) is 0 Å². The molecule has 1 atom stereocenters. The first-order valence-electron chi connectivity index (χ1n) is 15.3. The number of morpholine rings is 1. The molecule has 9 heteroatoms. The number of fused-ring (bicyclic) bond motifs is 1. The molecule has 5 rings (SSSR count). The molecular weight excluding hydrogens is 489 g/mol. The number of ether oxygens (including phenoxy) is 2. The molecule has 2 fully saturated rings. The predicted molar refractivity (Wildman–Crippen MR) is 138 cm³/mol. The molecule has 3 aliphatic heterocycles. The zero-order chi connectivity index (χ0) is 32.6. The first-order chi connectivity index (χ1) is 20.2. The van der Waals surface area contributed by atoms with Gasteiger partial charge in [-0.1, -0.05) is 18.2 Å². The number of hydrogen-bond acceptors (Lipinski definition) is 6. The lowest BCUT2D eigenvalue weighted by Gasteiger charge is -2.47. The van der Waals surface area contributed by atoms with Gasteiger partial charge in [-0.05, 0) is 57.8 Å². The predicted octanol–water partition coefficient (Wildman–Crippen LogP) is 3.56. The van der Waals surface area contributed by atoms with Crippen molar-refractivity contribution in [3.8, 4) is 5.75 Å². The van der Waals surface area contributed by atoms with Gasteiger partial charge in [-0.3, -0.25) is 24.6 Å². The molecule has 3 aliphatic rings. The number of carbonyl (C=O) groups is 3. The fourth-order valence-corrected chi connectivity index (χ4v) is 5.24. The summed E-state index contributed by atoms with van der Waals surface area (Å²) in [6.45, 7) is 5.55. The minimum Gasteiger partial charge on any atom is -0.488 e. The summed E-state index contributed by atoms with van der Waals surface area (Å²) >= 11 is 0. The molecule has 1 unspecified atom stereocenters. The summed E-state index contributed by atoms with van der Waals surface area (Å²) in [5, 5.41) is 1.82. The van der Waals surface area contributed by atoms with Gasteiger partial charge in [0.2, 0.25) is 11.8 Å². The normalized spacial score (nSPS) is 28.2. The molecule has 8 nitrogen and oxygen atoms in total. The van der Waals surface area contributed by atoms with E-state index in [2.05, 4.69) is 0 Å². The van der Waals surface area contributed by atoms with E-state index in [0.29, 0.717) is 18.7 Å². The second-order valence-corrected chi connectivity index (χ2v) is 10.9. The van der Waals surface area contributed by atoms with E-state index in [4.69, 9.17) is 17.7 Å². The Morgan fingerprint density at radius 2 is 1.89 bits per heavy atom. The van der Waals surface area contributed by atoms with E-state index in [-0.39, 0.29) is 35.6 Å². The van der Waals surface area contributed by atoms with Crippen LogP contribution in [0.15, 0.2) is 36.4 Å². The van der Waals surface area contributed by atoms with Crippen LogP contribution >= 0.6 is 0 Å². The van der Waals surface area contributed by atoms with Crippen LogP contribution in [0.2, 0.25) is 0 Å². The van der Waals surface area contributed by atoms with Gasteiger partial charge in [0.15, 0.2) is 0 Å². The summed E-state index contributed by atoms with van der Waals surface area (Å²) < 4.78 is 77.2. The highest BCUT2D eigenvalue weighted by molar-refractivity contribution is 6.05. The molecule has 3 heterocycles. The number of nitrogens with zero attached hydrogens (tertiary/aromatic N) is 2. The van der Waals surface area contributed by atoms with Crippen LogP contribution in [0.4, 0.5) is 4.39 Å². The Morgan fingerprint density at radius 1 is 1.16 bits per heavy atom. The van der Waals surface area contributed by atoms with E-state index in [1.54, 1.807) is 4.90 Å². The molecule has 2 aromatic carbocycles. The van der Waals surface area contributed by atoms with Crippen LogP contribution in [0, 0.1) is 5.82 Å². The summed E-state index contributed by atoms with van der Waals surface area (Å²) in [5.41, 5.74) is -0.566. The maximum absolute atomic E-state index is 15.3. The maximum atomic E-state index is 15.3. The third-order valence-corrected chi connectivity index (χ3v) is 6.49. The number of benzene rings is 2. The molecule has 0 spiro atoms. The molecule has 3 amide bonds. The maximum Gasteiger partial charge on any atom is 0.255 e.